The summed E-state index contributed by atoms with van der Waals surface area (Å²) in [5.41, 5.74) is 1.00. The first-order valence-corrected chi connectivity index (χ1v) is 10.9. The van der Waals surface area contributed by atoms with E-state index in [2.05, 4.69) is 34.3 Å². The predicted octanol–water partition coefficient (Wildman–Crippen LogP) is 6.67. The molecule has 4 nitrogen and oxygen atoms in total. The van der Waals surface area contributed by atoms with E-state index in [0.717, 1.165) is 28.6 Å². The van der Waals surface area contributed by atoms with Gasteiger partial charge in [-0.25, -0.2) is 4.98 Å². The topological polar surface area (TPSA) is 41.1 Å². The Morgan fingerprint density at radius 1 is 1.10 bits per heavy atom. The summed E-state index contributed by atoms with van der Waals surface area (Å²) < 4.78 is 34.5. The number of hydrogen-bond donors (Lipinski definition) is 1. The summed E-state index contributed by atoms with van der Waals surface area (Å²) in [6.07, 6.45) is 0.999. The van der Waals surface area contributed by atoms with Crippen LogP contribution >= 0.6 is 0 Å². The number of rotatable bonds is 5. The summed E-state index contributed by atoms with van der Waals surface area (Å²) in [5.74, 6) is 2.37. The monoisotopic (exact) mass is 424 g/mol. The van der Waals surface area contributed by atoms with E-state index < -0.39 is 12.6 Å². The number of aromatic nitrogens is 2. The Bertz CT molecular complexity index is 784. The standard InChI is InChI=1S/C17H24N4.C6H11F3/c1-12-8-10-13(11-9-12)18-17-19-15-7-5-4-6-14(15)16(20-17)21(2)3;1-3-5(2)4-6(7,8)9/h4-7,12-13H,8-11H2,1-3H3,(H,18,19,20);5H,3-4H2,1-2H3. The van der Waals surface area contributed by atoms with E-state index >= 15 is 0 Å². The lowest BCUT2D eigenvalue weighted by molar-refractivity contribution is -0.143. The quantitative estimate of drug-likeness (QED) is 0.582. The van der Waals surface area contributed by atoms with E-state index in [1.165, 1.54) is 25.7 Å². The van der Waals surface area contributed by atoms with Crippen LogP contribution in [0.4, 0.5) is 24.9 Å². The molecule has 0 aliphatic heterocycles. The predicted molar refractivity (Wildman–Crippen MR) is 119 cm³/mol. The van der Waals surface area contributed by atoms with E-state index in [9.17, 15) is 13.2 Å². The van der Waals surface area contributed by atoms with E-state index in [1.807, 2.05) is 26.2 Å². The first kappa shape index (κ1) is 24.2. The average Bonchev–Trinajstić information content (AvgIpc) is 2.68. The molecule has 1 atom stereocenters. The molecule has 1 aliphatic carbocycles. The van der Waals surface area contributed by atoms with Crippen molar-refractivity contribution in [1.29, 1.82) is 0 Å². The van der Waals surface area contributed by atoms with Crippen molar-refractivity contribution in [1.82, 2.24) is 9.97 Å². The van der Waals surface area contributed by atoms with Gasteiger partial charge in [0.15, 0.2) is 0 Å². The molecule has 1 unspecified atom stereocenters. The smallest absolute Gasteiger partial charge is 0.362 e. The molecule has 1 N–H and O–H groups in total. The number of benzene rings is 1. The van der Waals surface area contributed by atoms with Crippen molar-refractivity contribution in [3.8, 4) is 0 Å². The molecule has 1 heterocycles. The number of hydrogen-bond acceptors (Lipinski definition) is 4. The van der Waals surface area contributed by atoms with E-state index in [0.29, 0.717) is 12.5 Å². The summed E-state index contributed by atoms with van der Waals surface area (Å²) in [6.45, 7) is 5.71. The van der Waals surface area contributed by atoms with Gasteiger partial charge in [-0.3, -0.25) is 0 Å². The molecular weight excluding hydrogens is 389 g/mol. The minimum Gasteiger partial charge on any atom is -0.362 e. The first-order chi connectivity index (χ1) is 14.1. The van der Waals surface area contributed by atoms with E-state index in [-0.39, 0.29) is 5.92 Å². The second-order valence-electron chi connectivity index (χ2n) is 8.72. The van der Waals surface area contributed by atoms with Crippen molar-refractivity contribution in [3.05, 3.63) is 24.3 Å². The molecule has 2 aromatic rings. The van der Waals surface area contributed by atoms with E-state index in [4.69, 9.17) is 4.98 Å². The van der Waals surface area contributed by atoms with Gasteiger partial charge < -0.3 is 10.2 Å². The van der Waals surface area contributed by atoms with Gasteiger partial charge in [-0.15, -0.1) is 0 Å². The Hall–Kier alpha value is -2.05. The maximum atomic E-state index is 11.5. The number of nitrogens with one attached hydrogen (secondary N) is 1. The van der Waals surface area contributed by atoms with E-state index in [1.54, 1.807) is 13.8 Å². The first-order valence-electron chi connectivity index (χ1n) is 10.9. The molecule has 1 aromatic heterocycles. The Kier molecular flexibility index (Phi) is 8.74. The molecular formula is C23H35F3N4. The van der Waals surface area contributed by atoms with Crippen molar-refractivity contribution in [2.24, 2.45) is 11.8 Å². The molecule has 168 valence electrons. The number of alkyl halides is 3. The van der Waals surface area contributed by atoms with Crippen molar-refractivity contribution in [2.75, 3.05) is 24.3 Å². The lowest BCUT2D eigenvalue weighted by atomic mass is 9.87. The normalized spacial score (nSPS) is 20.3. The summed E-state index contributed by atoms with van der Waals surface area (Å²) in [4.78, 5) is 11.5. The van der Waals surface area contributed by atoms with Gasteiger partial charge in [0.05, 0.1) is 5.52 Å². The van der Waals surface area contributed by atoms with Crippen molar-refractivity contribution >= 4 is 22.7 Å². The fraction of sp³-hybridized carbons (Fsp3) is 0.652. The van der Waals surface area contributed by atoms with Crippen LogP contribution < -0.4 is 10.2 Å². The Morgan fingerprint density at radius 2 is 1.73 bits per heavy atom. The summed E-state index contributed by atoms with van der Waals surface area (Å²) in [6, 6.07) is 8.71. The Morgan fingerprint density at radius 3 is 2.27 bits per heavy atom. The number of fused-ring (bicyclic) bond motifs is 1. The highest BCUT2D eigenvalue weighted by Crippen LogP contribution is 2.28. The Balaban J connectivity index is 0.000000303. The fourth-order valence-corrected chi connectivity index (χ4v) is 3.59. The van der Waals surface area contributed by atoms with Gasteiger partial charge >= 0.3 is 6.18 Å². The van der Waals surface area contributed by atoms with Gasteiger partial charge in [0.2, 0.25) is 5.95 Å². The number of anilines is 2. The highest BCUT2D eigenvalue weighted by molar-refractivity contribution is 5.90. The summed E-state index contributed by atoms with van der Waals surface area (Å²) in [7, 11) is 4.06. The lowest BCUT2D eigenvalue weighted by Gasteiger charge is -2.27. The SMILES string of the molecule is CC1CCC(Nc2nc(N(C)C)c3ccccc3n2)CC1.CCC(C)CC(F)(F)F. The zero-order valence-electron chi connectivity index (χ0n) is 18.8. The number of para-hydroxylation sites is 1. The third-order valence-electron chi connectivity index (χ3n) is 5.63. The van der Waals surface area contributed by atoms with Crippen molar-refractivity contribution in [3.63, 3.8) is 0 Å². The van der Waals surface area contributed by atoms with Gasteiger partial charge in [-0.1, -0.05) is 39.3 Å². The average molecular weight is 425 g/mol. The molecule has 1 saturated carbocycles. The van der Waals surface area contributed by atoms with Crippen LogP contribution in [0.15, 0.2) is 24.3 Å². The van der Waals surface area contributed by atoms with Crippen molar-refractivity contribution < 1.29 is 13.2 Å². The van der Waals surface area contributed by atoms with Gasteiger partial charge in [0.1, 0.15) is 5.82 Å². The van der Waals surface area contributed by atoms with Crippen LogP contribution in [-0.4, -0.2) is 36.3 Å². The van der Waals surface area contributed by atoms with Gasteiger partial charge in [-0.05, 0) is 49.7 Å². The number of nitrogens with zero attached hydrogens (tertiary/aromatic N) is 3. The second-order valence-corrected chi connectivity index (χ2v) is 8.72. The van der Waals surface area contributed by atoms with Crippen LogP contribution in [0.5, 0.6) is 0 Å². The van der Waals surface area contributed by atoms with Crippen LogP contribution in [0.25, 0.3) is 10.9 Å². The van der Waals surface area contributed by atoms with Crippen LogP contribution in [0.1, 0.15) is 59.3 Å². The minimum absolute atomic E-state index is 0.231. The van der Waals surface area contributed by atoms with Crippen LogP contribution in [0.2, 0.25) is 0 Å². The minimum atomic E-state index is -3.98. The zero-order chi connectivity index (χ0) is 22.3. The molecule has 0 bridgehead atoms. The molecule has 0 saturated heterocycles. The zero-order valence-corrected chi connectivity index (χ0v) is 18.8. The van der Waals surface area contributed by atoms with Crippen LogP contribution in [0, 0.1) is 11.8 Å². The fourth-order valence-electron chi connectivity index (χ4n) is 3.59. The number of halogens is 3. The molecule has 3 rings (SSSR count). The highest BCUT2D eigenvalue weighted by atomic mass is 19.4. The molecule has 0 radical (unpaired) electrons. The van der Waals surface area contributed by atoms with Gasteiger partial charge in [-0.2, -0.15) is 18.2 Å². The highest BCUT2D eigenvalue weighted by Gasteiger charge is 2.28. The van der Waals surface area contributed by atoms with Gasteiger partial charge in [0.25, 0.3) is 0 Å². The second kappa shape index (κ2) is 10.8. The molecule has 1 fully saturated rings. The Labute approximate surface area is 178 Å². The maximum absolute atomic E-state index is 11.5. The molecule has 1 aliphatic rings. The maximum Gasteiger partial charge on any atom is 0.389 e. The van der Waals surface area contributed by atoms with Crippen LogP contribution in [-0.2, 0) is 0 Å². The van der Waals surface area contributed by atoms with Gasteiger partial charge in [0, 0.05) is 31.9 Å². The summed E-state index contributed by atoms with van der Waals surface area (Å²) >= 11 is 0. The third kappa shape index (κ3) is 7.65. The molecule has 0 amide bonds. The molecule has 7 heteroatoms. The van der Waals surface area contributed by atoms with Crippen LogP contribution in [0.3, 0.4) is 0 Å². The van der Waals surface area contributed by atoms with Crippen molar-refractivity contribution in [2.45, 2.75) is 71.5 Å². The molecule has 0 spiro atoms. The largest absolute Gasteiger partial charge is 0.389 e. The summed E-state index contributed by atoms with van der Waals surface area (Å²) in [5, 5.41) is 4.64. The lowest BCUT2D eigenvalue weighted by Crippen LogP contribution is -2.26. The molecule has 30 heavy (non-hydrogen) atoms. The third-order valence-corrected chi connectivity index (χ3v) is 5.63. The molecule has 1 aromatic carbocycles.